The fraction of sp³-hybridized carbons (Fsp3) is 0.632. The van der Waals surface area contributed by atoms with Crippen LogP contribution in [0.4, 0.5) is 0 Å². The highest BCUT2D eigenvalue weighted by Gasteiger charge is 2.31. The lowest BCUT2D eigenvalue weighted by Crippen LogP contribution is -2.34. The van der Waals surface area contributed by atoms with E-state index in [1.54, 1.807) is 0 Å². The molecule has 1 unspecified atom stereocenters. The normalized spacial score (nSPS) is 26.5. The number of carbonyl (C=O) groups excluding carboxylic acids is 1. The second-order valence-electron chi connectivity index (χ2n) is 6.97. The van der Waals surface area contributed by atoms with Gasteiger partial charge in [-0.15, -0.1) is 0 Å². The highest BCUT2D eigenvalue weighted by Crippen LogP contribution is 2.31. The van der Waals surface area contributed by atoms with Gasteiger partial charge in [-0.05, 0) is 43.9 Å². The van der Waals surface area contributed by atoms with Crippen LogP contribution in [0.2, 0.25) is 0 Å². The third-order valence-electron chi connectivity index (χ3n) is 5.16. The number of amides is 1. The first kappa shape index (κ1) is 17.2. The van der Waals surface area contributed by atoms with Gasteiger partial charge in [-0.25, -0.2) is 0 Å². The summed E-state index contributed by atoms with van der Waals surface area (Å²) in [5.41, 5.74) is 7.96. The lowest BCUT2D eigenvalue weighted by atomic mass is 9.95. The molecule has 0 radical (unpaired) electrons. The lowest BCUT2D eigenvalue weighted by Gasteiger charge is -2.19. The van der Waals surface area contributed by atoms with Gasteiger partial charge >= 0.3 is 0 Å². The Balaban J connectivity index is 1.62. The number of benzene rings is 1. The quantitative estimate of drug-likeness (QED) is 0.837. The Hall–Kier alpha value is -1.59. The van der Waals surface area contributed by atoms with Crippen LogP contribution in [0, 0.1) is 18.8 Å². The summed E-state index contributed by atoms with van der Waals surface area (Å²) < 4.78 is 11.5. The molecule has 1 saturated carbocycles. The second kappa shape index (κ2) is 7.99. The summed E-state index contributed by atoms with van der Waals surface area (Å²) in [5, 5.41) is 3.08. The molecule has 24 heavy (non-hydrogen) atoms. The monoisotopic (exact) mass is 332 g/mol. The zero-order valence-electron chi connectivity index (χ0n) is 14.4. The van der Waals surface area contributed by atoms with Crippen LogP contribution in [0.5, 0.6) is 5.75 Å². The fourth-order valence-corrected chi connectivity index (χ4v) is 3.68. The van der Waals surface area contributed by atoms with Gasteiger partial charge in [0.25, 0.3) is 0 Å². The summed E-state index contributed by atoms with van der Waals surface area (Å²) in [5.74, 6) is 1.37. The molecule has 3 N–H and O–H groups in total. The van der Waals surface area contributed by atoms with Crippen LogP contribution in [0.1, 0.15) is 36.8 Å². The minimum Gasteiger partial charge on any atom is -0.488 e. The summed E-state index contributed by atoms with van der Waals surface area (Å²) in [7, 11) is 0. The molecule has 1 aliphatic carbocycles. The molecular formula is C19H28N2O3. The van der Waals surface area contributed by atoms with Crippen molar-refractivity contribution in [3.8, 4) is 5.75 Å². The summed E-state index contributed by atoms with van der Waals surface area (Å²) in [6.45, 7) is 4.53. The van der Waals surface area contributed by atoms with Crippen molar-refractivity contribution >= 4 is 5.91 Å². The van der Waals surface area contributed by atoms with Crippen LogP contribution < -0.4 is 15.8 Å². The van der Waals surface area contributed by atoms with Gasteiger partial charge in [0.15, 0.2) is 0 Å². The zero-order valence-corrected chi connectivity index (χ0v) is 14.4. The van der Waals surface area contributed by atoms with Crippen molar-refractivity contribution in [2.24, 2.45) is 17.6 Å². The first-order valence-electron chi connectivity index (χ1n) is 8.99. The van der Waals surface area contributed by atoms with Crippen LogP contribution in [-0.4, -0.2) is 31.8 Å². The Kier molecular flexibility index (Phi) is 5.74. The van der Waals surface area contributed by atoms with Crippen molar-refractivity contribution in [3.63, 3.8) is 0 Å². The van der Waals surface area contributed by atoms with Crippen molar-refractivity contribution in [1.82, 2.24) is 5.32 Å². The van der Waals surface area contributed by atoms with Gasteiger partial charge < -0.3 is 20.5 Å². The van der Waals surface area contributed by atoms with Crippen LogP contribution in [0.15, 0.2) is 18.2 Å². The molecule has 0 aromatic heterocycles. The zero-order chi connectivity index (χ0) is 16.9. The minimum absolute atomic E-state index is 0.0630. The average Bonchev–Trinajstić information content (AvgIpc) is 3.25. The molecule has 1 aliphatic heterocycles. The van der Waals surface area contributed by atoms with Crippen LogP contribution in [-0.2, 0) is 16.1 Å². The number of nitrogens with one attached hydrogen (secondary N) is 1. The second-order valence-corrected chi connectivity index (χ2v) is 6.97. The molecule has 5 nitrogen and oxygen atoms in total. The van der Waals surface area contributed by atoms with Crippen molar-refractivity contribution < 1.29 is 14.3 Å². The maximum atomic E-state index is 12.5. The number of ether oxygens (including phenoxy) is 2. The molecule has 0 bridgehead atoms. The van der Waals surface area contributed by atoms with E-state index < -0.39 is 0 Å². The fourth-order valence-electron chi connectivity index (χ4n) is 3.68. The van der Waals surface area contributed by atoms with E-state index in [1.165, 1.54) is 0 Å². The molecule has 5 heteroatoms. The van der Waals surface area contributed by atoms with E-state index in [4.69, 9.17) is 15.2 Å². The molecule has 2 aliphatic rings. The molecule has 0 spiro atoms. The van der Waals surface area contributed by atoms with Gasteiger partial charge in [-0.2, -0.15) is 0 Å². The van der Waals surface area contributed by atoms with E-state index in [-0.39, 0.29) is 17.9 Å². The Labute approximate surface area is 143 Å². The predicted octanol–water partition coefficient (Wildman–Crippen LogP) is 2.15. The number of rotatable bonds is 6. The van der Waals surface area contributed by atoms with Crippen LogP contribution >= 0.6 is 0 Å². The first-order valence-corrected chi connectivity index (χ1v) is 8.99. The van der Waals surface area contributed by atoms with Gasteiger partial charge in [-0.1, -0.05) is 18.6 Å². The summed E-state index contributed by atoms with van der Waals surface area (Å²) in [6.07, 6.45) is 4.14. The number of aryl methyl sites for hydroxylation is 1. The Morgan fingerprint density at radius 2 is 2.25 bits per heavy atom. The van der Waals surface area contributed by atoms with Crippen molar-refractivity contribution in [2.75, 3.05) is 19.8 Å². The van der Waals surface area contributed by atoms with E-state index in [2.05, 4.69) is 11.4 Å². The van der Waals surface area contributed by atoms with Gasteiger partial charge in [0.1, 0.15) is 11.9 Å². The average molecular weight is 332 g/mol. The largest absolute Gasteiger partial charge is 0.488 e. The van der Waals surface area contributed by atoms with E-state index in [0.29, 0.717) is 25.6 Å². The SMILES string of the molecule is Cc1ccc(CNC(=O)[C@@H]2CCC[C@@H]2CN)c(OC2CCOC2)c1. The van der Waals surface area contributed by atoms with Gasteiger partial charge in [0.2, 0.25) is 5.91 Å². The Morgan fingerprint density at radius 3 is 3.00 bits per heavy atom. The number of hydrogen-bond donors (Lipinski definition) is 2. The Bertz CT molecular complexity index is 570. The lowest BCUT2D eigenvalue weighted by molar-refractivity contribution is -0.126. The maximum Gasteiger partial charge on any atom is 0.223 e. The highest BCUT2D eigenvalue weighted by atomic mass is 16.5. The van der Waals surface area contributed by atoms with Crippen LogP contribution in [0.3, 0.4) is 0 Å². The van der Waals surface area contributed by atoms with Crippen molar-refractivity contribution in [1.29, 1.82) is 0 Å². The molecule has 1 saturated heterocycles. The van der Waals surface area contributed by atoms with Crippen LogP contribution in [0.25, 0.3) is 0 Å². The van der Waals surface area contributed by atoms with Crippen molar-refractivity contribution in [2.45, 2.75) is 45.3 Å². The molecule has 132 valence electrons. The smallest absolute Gasteiger partial charge is 0.223 e. The third kappa shape index (κ3) is 4.08. The number of carbonyl (C=O) groups is 1. The minimum atomic E-state index is 0.0630. The molecule has 3 atom stereocenters. The van der Waals surface area contributed by atoms with E-state index in [0.717, 1.165) is 49.2 Å². The van der Waals surface area contributed by atoms with Gasteiger partial charge in [-0.3, -0.25) is 4.79 Å². The standard InChI is InChI=1S/C19H28N2O3/c1-13-5-6-15(18(9-13)24-16-7-8-23-12-16)11-21-19(22)17-4-2-3-14(17)10-20/h5-6,9,14,16-17H,2-4,7-8,10-12,20H2,1H3,(H,21,22)/t14-,16?,17-/m1/s1. The molecular weight excluding hydrogens is 304 g/mol. The van der Waals surface area contributed by atoms with Crippen molar-refractivity contribution in [3.05, 3.63) is 29.3 Å². The molecule has 1 amide bonds. The third-order valence-corrected chi connectivity index (χ3v) is 5.16. The molecule has 3 rings (SSSR count). The first-order chi connectivity index (χ1) is 11.7. The van der Waals surface area contributed by atoms with E-state index >= 15 is 0 Å². The van der Waals surface area contributed by atoms with Gasteiger partial charge in [0.05, 0.1) is 13.2 Å². The molecule has 1 aromatic carbocycles. The van der Waals surface area contributed by atoms with E-state index in [1.807, 2.05) is 19.1 Å². The number of nitrogens with two attached hydrogens (primary N) is 1. The Morgan fingerprint density at radius 1 is 1.38 bits per heavy atom. The summed E-state index contributed by atoms with van der Waals surface area (Å²) in [4.78, 5) is 12.5. The predicted molar refractivity (Wildman–Crippen MR) is 92.8 cm³/mol. The molecule has 1 aromatic rings. The summed E-state index contributed by atoms with van der Waals surface area (Å²) in [6, 6.07) is 6.13. The highest BCUT2D eigenvalue weighted by molar-refractivity contribution is 5.79. The van der Waals surface area contributed by atoms with E-state index in [9.17, 15) is 4.79 Å². The van der Waals surface area contributed by atoms with Gasteiger partial charge in [0, 0.05) is 24.4 Å². The maximum absolute atomic E-state index is 12.5. The topological polar surface area (TPSA) is 73.6 Å². The summed E-state index contributed by atoms with van der Waals surface area (Å²) >= 11 is 0. The molecule has 1 heterocycles. The number of hydrogen-bond acceptors (Lipinski definition) is 4. The molecule has 2 fully saturated rings.